The molecule has 5 aromatic rings. The molecule has 1 fully saturated rings. The molecule has 11 nitrogen and oxygen atoms in total. The number of hydrogen-bond acceptors (Lipinski definition) is 10. The average molecular weight is 750 g/mol. The lowest BCUT2D eigenvalue weighted by Crippen LogP contribution is -2.48. The van der Waals surface area contributed by atoms with Gasteiger partial charge in [-0.3, -0.25) is 0 Å². The Morgan fingerprint density at radius 3 is 1.75 bits per heavy atom. The van der Waals surface area contributed by atoms with E-state index in [-0.39, 0.29) is 55.1 Å². The van der Waals surface area contributed by atoms with Crippen molar-refractivity contribution in [3.8, 4) is 28.6 Å². The standard InChI is InChI=1S/C37H39BF3N5O6S/c1-36(2)23-51-38(52-24-36)32-19-18-31(37(39,40)41)34(33(32)35-42-43-44-46(35)22-27-10-16-30(50-5)17-11-27)53(47)45(20-25-6-12-28(48-3)13-7-25)21-26-8-14-29(49-4)15-9-26/h6-19H,20-24H2,1-5H3. The number of rotatable bonds is 13. The molecule has 1 aliphatic rings. The number of alkyl halides is 3. The van der Waals surface area contributed by atoms with Gasteiger partial charge in [-0.05, 0) is 75.0 Å². The summed E-state index contributed by atoms with van der Waals surface area (Å²) >= 11 is -2.47. The fourth-order valence-electron chi connectivity index (χ4n) is 5.87. The third-order valence-electron chi connectivity index (χ3n) is 8.69. The zero-order chi connectivity index (χ0) is 37.8. The molecular weight excluding hydrogens is 710 g/mol. The van der Waals surface area contributed by atoms with Gasteiger partial charge in [0.2, 0.25) is 0 Å². The summed E-state index contributed by atoms with van der Waals surface area (Å²) in [5.74, 6) is 1.80. The first-order chi connectivity index (χ1) is 25.4. The van der Waals surface area contributed by atoms with Gasteiger partial charge >= 0.3 is 13.3 Å². The highest BCUT2D eigenvalue weighted by molar-refractivity contribution is 7.89. The SMILES string of the molecule is COc1ccc(CN(Cc2ccc(OC)cc2)[S+]([O-])c2c(C(F)(F)F)ccc(B3OCC(C)(C)CO3)c2-c2nnnn2Cc2ccc(OC)cc2)cc1. The average Bonchev–Trinajstić information content (AvgIpc) is 3.61. The van der Waals surface area contributed by atoms with Crippen LogP contribution in [-0.2, 0) is 46.5 Å². The van der Waals surface area contributed by atoms with Crippen LogP contribution < -0.4 is 19.7 Å². The van der Waals surface area contributed by atoms with Crippen LogP contribution in [0.5, 0.6) is 17.2 Å². The van der Waals surface area contributed by atoms with Crippen molar-refractivity contribution in [2.45, 2.75) is 44.6 Å². The Labute approximate surface area is 309 Å². The molecule has 1 saturated heterocycles. The largest absolute Gasteiger partial charge is 0.593 e. The van der Waals surface area contributed by atoms with Crippen LogP contribution in [0.2, 0.25) is 0 Å². The molecule has 4 aromatic carbocycles. The summed E-state index contributed by atoms with van der Waals surface area (Å²) < 4.78 is 91.8. The second-order valence-electron chi connectivity index (χ2n) is 13.3. The van der Waals surface area contributed by atoms with Crippen LogP contribution in [0.15, 0.2) is 89.8 Å². The van der Waals surface area contributed by atoms with Gasteiger partial charge in [0.05, 0.1) is 57.9 Å². The Morgan fingerprint density at radius 1 is 0.792 bits per heavy atom. The molecule has 2 heterocycles. The molecule has 0 N–H and O–H groups in total. The molecule has 1 unspecified atom stereocenters. The molecule has 278 valence electrons. The van der Waals surface area contributed by atoms with Crippen molar-refractivity contribution in [2.75, 3.05) is 34.5 Å². The molecule has 1 aromatic heterocycles. The zero-order valence-electron chi connectivity index (χ0n) is 29.9. The van der Waals surface area contributed by atoms with Gasteiger partial charge < -0.3 is 28.1 Å². The number of ether oxygens (including phenoxy) is 3. The van der Waals surface area contributed by atoms with Gasteiger partial charge in [-0.25, -0.2) is 4.68 Å². The number of tetrazole rings is 1. The third kappa shape index (κ3) is 8.96. The van der Waals surface area contributed by atoms with E-state index < -0.39 is 35.1 Å². The van der Waals surface area contributed by atoms with Gasteiger partial charge in [0.25, 0.3) is 0 Å². The van der Waals surface area contributed by atoms with E-state index in [0.717, 1.165) is 11.6 Å². The Hall–Kier alpha value is -4.61. The Balaban J connectivity index is 1.53. The molecule has 0 bridgehead atoms. The zero-order valence-corrected chi connectivity index (χ0v) is 30.7. The van der Waals surface area contributed by atoms with Crippen LogP contribution in [0.4, 0.5) is 13.2 Å². The number of aromatic nitrogens is 4. The summed E-state index contributed by atoms with van der Waals surface area (Å²) in [6.45, 7) is 4.60. The molecule has 0 spiro atoms. The first-order valence-electron chi connectivity index (χ1n) is 16.7. The second kappa shape index (κ2) is 16.2. The fraction of sp³-hybridized carbons (Fsp3) is 0.324. The van der Waals surface area contributed by atoms with Crippen LogP contribution in [0.3, 0.4) is 0 Å². The normalized spacial score (nSPS) is 15.0. The Kier molecular flexibility index (Phi) is 11.6. The first kappa shape index (κ1) is 38.1. The number of benzene rings is 4. The molecule has 1 aliphatic heterocycles. The van der Waals surface area contributed by atoms with Gasteiger partial charge in [0, 0.05) is 18.6 Å². The predicted octanol–water partition coefficient (Wildman–Crippen LogP) is 5.93. The molecule has 0 saturated carbocycles. The monoisotopic (exact) mass is 749 g/mol. The maximum atomic E-state index is 15.2. The van der Waals surface area contributed by atoms with E-state index in [1.165, 1.54) is 29.3 Å². The van der Waals surface area contributed by atoms with Crippen molar-refractivity contribution < 1.29 is 41.2 Å². The molecule has 0 aliphatic carbocycles. The van der Waals surface area contributed by atoms with Crippen LogP contribution in [0.1, 0.15) is 36.1 Å². The number of halogens is 3. The lowest BCUT2D eigenvalue weighted by molar-refractivity contribution is -0.139. The summed E-state index contributed by atoms with van der Waals surface area (Å²) in [6, 6.07) is 23.4. The minimum absolute atomic E-state index is 0.0189. The number of hydrogen-bond donors (Lipinski definition) is 0. The van der Waals surface area contributed by atoms with Crippen molar-refractivity contribution in [1.82, 2.24) is 24.5 Å². The molecule has 16 heteroatoms. The Bertz CT molecular complexity index is 1920. The van der Waals surface area contributed by atoms with E-state index in [0.29, 0.717) is 28.4 Å². The summed E-state index contributed by atoms with van der Waals surface area (Å²) in [7, 11) is 3.54. The van der Waals surface area contributed by atoms with Crippen molar-refractivity contribution >= 4 is 23.9 Å². The highest BCUT2D eigenvalue weighted by atomic mass is 32.2. The van der Waals surface area contributed by atoms with Gasteiger partial charge in [-0.15, -0.1) is 9.40 Å². The molecule has 1 atom stereocenters. The van der Waals surface area contributed by atoms with Crippen molar-refractivity contribution in [3.63, 3.8) is 0 Å². The first-order valence-corrected chi connectivity index (χ1v) is 17.8. The number of methoxy groups -OCH3 is 3. The topological polar surface area (TPSA) is 116 Å². The van der Waals surface area contributed by atoms with E-state index in [1.54, 1.807) is 79.9 Å². The highest BCUT2D eigenvalue weighted by Gasteiger charge is 2.46. The van der Waals surface area contributed by atoms with Crippen molar-refractivity contribution in [2.24, 2.45) is 5.41 Å². The van der Waals surface area contributed by atoms with E-state index in [9.17, 15) is 0 Å². The van der Waals surface area contributed by atoms with E-state index >= 15 is 17.7 Å². The second-order valence-corrected chi connectivity index (χ2v) is 14.7. The van der Waals surface area contributed by atoms with Crippen LogP contribution in [0, 0.1) is 5.41 Å². The minimum atomic E-state index is -4.91. The molecule has 53 heavy (non-hydrogen) atoms. The molecule has 0 radical (unpaired) electrons. The lowest BCUT2D eigenvalue weighted by atomic mass is 9.72. The van der Waals surface area contributed by atoms with Crippen molar-refractivity contribution in [3.05, 3.63) is 107 Å². The third-order valence-corrected chi connectivity index (χ3v) is 10.2. The highest BCUT2D eigenvalue weighted by Crippen LogP contribution is 2.41. The fourth-order valence-corrected chi connectivity index (χ4v) is 7.41. The smallest absolute Gasteiger partial charge is 0.494 e. The lowest BCUT2D eigenvalue weighted by Gasteiger charge is -2.34. The van der Waals surface area contributed by atoms with E-state index in [2.05, 4.69) is 15.5 Å². The number of nitrogens with zero attached hydrogens (tertiary/aromatic N) is 5. The van der Waals surface area contributed by atoms with Gasteiger partial charge in [-0.2, -0.15) is 13.2 Å². The Morgan fingerprint density at radius 2 is 1.28 bits per heavy atom. The van der Waals surface area contributed by atoms with Crippen molar-refractivity contribution in [1.29, 1.82) is 0 Å². The molecule has 0 amide bonds. The van der Waals surface area contributed by atoms with Gasteiger partial charge in [-0.1, -0.05) is 56.3 Å². The molecule has 6 rings (SSSR count). The molecular formula is C37H39BF3N5O6S. The quantitative estimate of drug-likeness (QED) is 0.106. The summed E-state index contributed by atoms with van der Waals surface area (Å²) in [4.78, 5) is -0.514. The van der Waals surface area contributed by atoms with Crippen LogP contribution in [-0.4, -0.2) is 70.7 Å². The summed E-state index contributed by atoms with van der Waals surface area (Å²) in [5, 5.41) is 12.3. The van der Waals surface area contributed by atoms with Gasteiger partial charge in [0.15, 0.2) is 10.7 Å². The van der Waals surface area contributed by atoms with E-state index in [4.69, 9.17) is 23.5 Å². The minimum Gasteiger partial charge on any atom is -0.593 e. The van der Waals surface area contributed by atoms with Crippen LogP contribution in [0.25, 0.3) is 11.4 Å². The maximum Gasteiger partial charge on any atom is 0.494 e. The summed E-state index contributed by atoms with van der Waals surface area (Å²) in [5.41, 5.74) is 0.848. The maximum absolute atomic E-state index is 15.2. The predicted molar refractivity (Wildman–Crippen MR) is 193 cm³/mol. The van der Waals surface area contributed by atoms with E-state index in [1.807, 2.05) is 13.8 Å². The summed E-state index contributed by atoms with van der Waals surface area (Å²) in [6.07, 6.45) is -4.91. The van der Waals surface area contributed by atoms with Gasteiger partial charge in [0.1, 0.15) is 22.8 Å². The van der Waals surface area contributed by atoms with Crippen LogP contribution >= 0.6 is 0 Å².